The van der Waals surface area contributed by atoms with Crippen LogP contribution in [0.4, 0.5) is 5.69 Å². The minimum absolute atomic E-state index is 0.0986. The number of rotatable bonds is 7. The Morgan fingerprint density at radius 3 is 2.58 bits per heavy atom. The van der Waals surface area contributed by atoms with Gasteiger partial charge in [-0.15, -0.1) is 0 Å². The zero-order valence-electron chi connectivity index (χ0n) is 15.8. The quantitative estimate of drug-likeness (QED) is 0.792. The van der Waals surface area contributed by atoms with Gasteiger partial charge in [0, 0.05) is 17.8 Å². The fraction of sp³-hybridized carbons (Fsp3) is 0.421. The number of ether oxygens (including phenoxy) is 1. The van der Waals surface area contributed by atoms with Crippen LogP contribution in [-0.2, 0) is 17.8 Å². The highest BCUT2D eigenvalue weighted by Crippen LogP contribution is 2.26. The van der Waals surface area contributed by atoms with Crippen LogP contribution in [0.3, 0.4) is 0 Å². The number of carbonyl (C=O) groups excluding carboxylic acids is 1. The summed E-state index contributed by atoms with van der Waals surface area (Å²) in [4.78, 5) is 23.5. The molecule has 0 aliphatic rings. The van der Waals surface area contributed by atoms with E-state index in [1.165, 1.54) is 25.3 Å². The van der Waals surface area contributed by atoms with Crippen molar-refractivity contribution in [1.82, 2.24) is 9.78 Å². The first-order chi connectivity index (χ1) is 12.2. The number of aromatic nitrogens is 2. The van der Waals surface area contributed by atoms with Gasteiger partial charge in [0.25, 0.3) is 0 Å². The monoisotopic (exact) mass is 359 g/mol. The molecule has 7 heteroatoms. The number of nitrogens with one attached hydrogen (secondary N) is 1. The van der Waals surface area contributed by atoms with Gasteiger partial charge in [-0.05, 0) is 38.0 Å². The van der Waals surface area contributed by atoms with Crippen molar-refractivity contribution in [2.24, 2.45) is 5.92 Å². The third-order valence-electron chi connectivity index (χ3n) is 4.13. The molecule has 1 aromatic carbocycles. The molecule has 0 aliphatic carbocycles. The van der Waals surface area contributed by atoms with Gasteiger partial charge in [0.1, 0.15) is 5.75 Å². The van der Waals surface area contributed by atoms with Crippen molar-refractivity contribution in [3.63, 3.8) is 0 Å². The molecule has 1 aromatic heterocycles. The summed E-state index contributed by atoms with van der Waals surface area (Å²) >= 11 is 0. The highest BCUT2D eigenvalue weighted by atomic mass is 16.5. The molecule has 7 nitrogen and oxygen atoms in total. The molecule has 0 fully saturated rings. The predicted octanol–water partition coefficient (Wildman–Crippen LogP) is 3.04. The van der Waals surface area contributed by atoms with Crippen molar-refractivity contribution >= 4 is 17.6 Å². The highest BCUT2D eigenvalue weighted by molar-refractivity contribution is 5.95. The second-order valence-corrected chi connectivity index (χ2v) is 6.67. The molecule has 0 saturated carbocycles. The van der Waals surface area contributed by atoms with Gasteiger partial charge in [0.05, 0.1) is 30.5 Å². The van der Waals surface area contributed by atoms with Crippen molar-refractivity contribution in [3.05, 3.63) is 40.7 Å². The Kier molecular flexibility index (Phi) is 6.02. The van der Waals surface area contributed by atoms with E-state index in [0.29, 0.717) is 17.4 Å². The van der Waals surface area contributed by atoms with Crippen LogP contribution in [0.25, 0.3) is 0 Å². The van der Waals surface area contributed by atoms with Crippen molar-refractivity contribution in [2.45, 2.75) is 40.7 Å². The normalized spacial score (nSPS) is 10.8. The number of carbonyl (C=O) groups is 2. The van der Waals surface area contributed by atoms with E-state index in [-0.39, 0.29) is 17.9 Å². The van der Waals surface area contributed by atoms with E-state index >= 15 is 0 Å². The molecule has 0 unspecified atom stereocenters. The molecule has 1 amide bonds. The average Bonchev–Trinajstić information content (AvgIpc) is 2.81. The van der Waals surface area contributed by atoms with Crippen molar-refractivity contribution in [3.8, 4) is 5.75 Å². The van der Waals surface area contributed by atoms with E-state index < -0.39 is 5.97 Å². The topological polar surface area (TPSA) is 93.4 Å². The molecular weight excluding hydrogens is 334 g/mol. The summed E-state index contributed by atoms with van der Waals surface area (Å²) < 4.78 is 7.12. The first-order valence-electron chi connectivity index (χ1n) is 8.47. The number of hydrogen-bond donors (Lipinski definition) is 2. The molecule has 26 heavy (non-hydrogen) atoms. The Morgan fingerprint density at radius 2 is 2.00 bits per heavy atom. The van der Waals surface area contributed by atoms with Crippen LogP contribution in [0, 0.1) is 19.8 Å². The number of amides is 1. The second kappa shape index (κ2) is 8.03. The molecule has 2 aromatic rings. The third kappa shape index (κ3) is 4.41. The van der Waals surface area contributed by atoms with Gasteiger partial charge in [0.15, 0.2) is 0 Å². The predicted molar refractivity (Wildman–Crippen MR) is 98.8 cm³/mol. The molecule has 2 rings (SSSR count). The summed E-state index contributed by atoms with van der Waals surface area (Å²) in [6.45, 7) is 8.91. The van der Waals surface area contributed by atoms with Gasteiger partial charge in [0.2, 0.25) is 5.91 Å². The maximum atomic E-state index is 12.5. The fourth-order valence-corrected chi connectivity index (χ4v) is 2.80. The molecule has 0 spiro atoms. The van der Waals surface area contributed by atoms with E-state index in [0.717, 1.165) is 23.5 Å². The largest absolute Gasteiger partial charge is 0.495 e. The zero-order valence-corrected chi connectivity index (χ0v) is 15.8. The van der Waals surface area contributed by atoms with E-state index in [4.69, 9.17) is 9.84 Å². The Balaban J connectivity index is 2.17. The third-order valence-corrected chi connectivity index (χ3v) is 4.13. The molecule has 0 aliphatic heterocycles. The van der Waals surface area contributed by atoms with Crippen LogP contribution in [0.2, 0.25) is 0 Å². The summed E-state index contributed by atoms with van der Waals surface area (Å²) in [7, 11) is 1.43. The Bertz CT molecular complexity index is 824. The van der Waals surface area contributed by atoms with Crippen LogP contribution >= 0.6 is 0 Å². The number of nitrogens with zero attached hydrogens (tertiary/aromatic N) is 2. The number of anilines is 1. The number of methoxy groups -OCH3 is 1. The molecule has 140 valence electrons. The van der Waals surface area contributed by atoms with Crippen LogP contribution in [0.15, 0.2) is 18.2 Å². The van der Waals surface area contributed by atoms with Gasteiger partial charge >= 0.3 is 5.97 Å². The van der Waals surface area contributed by atoms with E-state index in [9.17, 15) is 9.59 Å². The van der Waals surface area contributed by atoms with E-state index in [1.807, 2.05) is 18.5 Å². The SMILES string of the molecule is COc1cc(C(=O)O)ccc1NC(=O)Cc1c(C)nn(CC(C)C)c1C. The highest BCUT2D eigenvalue weighted by Gasteiger charge is 2.17. The summed E-state index contributed by atoms with van der Waals surface area (Å²) in [6.07, 6.45) is 0.194. The van der Waals surface area contributed by atoms with E-state index in [1.54, 1.807) is 0 Å². The molecule has 0 bridgehead atoms. The number of aromatic carboxylic acids is 1. The lowest BCUT2D eigenvalue weighted by molar-refractivity contribution is -0.115. The summed E-state index contributed by atoms with van der Waals surface area (Å²) in [5, 5.41) is 16.4. The second-order valence-electron chi connectivity index (χ2n) is 6.67. The molecule has 0 atom stereocenters. The number of carboxylic acid groups (broad SMARTS) is 1. The molecule has 1 heterocycles. The summed E-state index contributed by atoms with van der Waals surface area (Å²) in [5.74, 6) is -0.486. The van der Waals surface area contributed by atoms with Crippen molar-refractivity contribution < 1.29 is 19.4 Å². The Labute approximate surface area is 153 Å². The molecule has 2 N–H and O–H groups in total. The number of carboxylic acids is 1. The molecular formula is C19H25N3O4. The fourth-order valence-electron chi connectivity index (χ4n) is 2.80. The lowest BCUT2D eigenvalue weighted by Gasteiger charge is -2.11. The maximum absolute atomic E-state index is 12.5. The first kappa shape index (κ1) is 19.5. The Morgan fingerprint density at radius 1 is 1.31 bits per heavy atom. The van der Waals surface area contributed by atoms with Crippen LogP contribution in [0.1, 0.15) is 41.2 Å². The lowest BCUT2D eigenvalue weighted by atomic mass is 10.1. The number of benzene rings is 1. The average molecular weight is 359 g/mol. The zero-order chi connectivity index (χ0) is 19.4. The van der Waals surface area contributed by atoms with Gasteiger partial charge in [-0.3, -0.25) is 9.48 Å². The lowest BCUT2D eigenvalue weighted by Crippen LogP contribution is -2.16. The molecule has 0 saturated heterocycles. The van der Waals surface area contributed by atoms with Crippen LogP contribution in [0.5, 0.6) is 5.75 Å². The van der Waals surface area contributed by atoms with Gasteiger partial charge in [-0.25, -0.2) is 4.79 Å². The smallest absolute Gasteiger partial charge is 0.335 e. The summed E-state index contributed by atoms with van der Waals surface area (Å²) in [5.41, 5.74) is 3.27. The number of aryl methyl sites for hydroxylation is 1. The summed E-state index contributed by atoms with van der Waals surface area (Å²) in [6, 6.07) is 4.34. The van der Waals surface area contributed by atoms with Crippen LogP contribution in [-0.4, -0.2) is 33.9 Å². The number of hydrogen-bond acceptors (Lipinski definition) is 4. The maximum Gasteiger partial charge on any atom is 0.335 e. The minimum Gasteiger partial charge on any atom is -0.495 e. The minimum atomic E-state index is -1.05. The van der Waals surface area contributed by atoms with Crippen LogP contribution < -0.4 is 10.1 Å². The van der Waals surface area contributed by atoms with Crippen molar-refractivity contribution in [2.75, 3.05) is 12.4 Å². The first-order valence-corrected chi connectivity index (χ1v) is 8.47. The standard InChI is InChI=1S/C19H25N3O4/c1-11(2)10-22-13(4)15(12(3)21-22)9-18(23)20-16-7-6-14(19(24)25)8-17(16)26-5/h6-8,11H,9-10H2,1-5H3,(H,20,23)(H,24,25). The van der Waals surface area contributed by atoms with E-state index in [2.05, 4.69) is 24.3 Å². The van der Waals surface area contributed by atoms with Gasteiger partial charge in [-0.1, -0.05) is 13.8 Å². The van der Waals surface area contributed by atoms with Crippen molar-refractivity contribution in [1.29, 1.82) is 0 Å². The van der Waals surface area contributed by atoms with Gasteiger partial charge in [-0.2, -0.15) is 5.10 Å². The van der Waals surface area contributed by atoms with Gasteiger partial charge < -0.3 is 15.2 Å². The molecule has 0 radical (unpaired) electrons. The Hall–Kier alpha value is -2.83.